The number of carbonyl (C=O) groups is 1. The van der Waals surface area contributed by atoms with Gasteiger partial charge in [-0.3, -0.25) is 14.7 Å². The zero-order valence-corrected chi connectivity index (χ0v) is 10.2. The summed E-state index contributed by atoms with van der Waals surface area (Å²) in [5.41, 5.74) is 1.07. The molecule has 1 aromatic heterocycles. The molecule has 0 aliphatic rings. The third kappa shape index (κ3) is 5.42. The Labute approximate surface area is 101 Å². The van der Waals surface area contributed by atoms with E-state index in [1.807, 2.05) is 24.1 Å². The van der Waals surface area contributed by atoms with Gasteiger partial charge in [0.05, 0.1) is 19.6 Å². The minimum atomic E-state index is -0.705. The Morgan fingerprint density at radius 2 is 2.41 bits per heavy atom. The summed E-state index contributed by atoms with van der Waals surface area (Å²) in [5.74, 6) is -0.396. The van der Waals surface area contributed by atoms with Crippen LogP contribution < -0.4 is 0 Å². The van der Waals surface area contributed by atoms with Gasteiger partial charge in [0, 0.05) is 25.5 Å². The molecule has 0 amide bonds. The van der Waals surface area contributed by atoms with Crippen molar-refractivity contribution in [1.29, 1.82) is 0 Å². The van der Waals surface area contributed by atoms with Crippen molar-refractivity contribution in [2.24, 2.45) is 0 Å². The fourth-order valence-electron chi connectivity index (χ4n) is 1.57. The van der Waals surface area contributed by atoms with Crippen LogP contribution in [0, 0.1) is 0 Å². The maximum Gasteiger partial charge on any atom is 0.308 e. The van der Waals surface area contributed by atoms with Crippen LogP contribution in [0.5, 0.6) is 0 Å². The van der Waals surface area contributed by atoms with Crippen LogP contribution in [0.25, 0.3) is 0 Å². The quantitative estimate of drug-likeness (QED) is 0.728. The number of methoxy groups -OCH3 is 1. The largest absolute Gasteiger partial charge is 0.469 e. The number of nitrogens with zero attached hydrogens (tertiary/aromatic N) is 2. The monoisotopic (exact) mass is 238 g/mol. The van der Waals surface area contributed by atoms with Crippen molar-refractivity contribution in [2.75, 3.05) is 20.7 Å². The van der Waals surface area contributed by atoms with E-state index in [0.717, 1.165) is 5.56 Å². The summed E-state index contributed by atoms with van der Waals surface area (Å²) in [5, 5.41) is 9.64. The number of hydrogen-bond acceptors (Lipinski definition) is 5. The van der Waals surface area contributed by atoms with E-state index >= 15 is 0 Å². The third-order valence-electron chi connectivity index (χ3n) is 2.33. The topological polar surface area (TPSA) is 62.7 Å². The molecule has 5 nitrogen and oxygen atoms in total. The van der Waals surface area contributed by atoms with Gasteiger partial charge in [-0.2, -0.15) is 0 Å². The van der Waals surface area contributed by atoms with Crippen LogP contribution in [0.15, 0.2) is 24.5 Å². The number of aromatic nitrogens is 1. The van der Waals surface area contributed by atoms with Crippen LogP contribution >= 0.6 is 0 Å². The molecule has 1 heterocycles. The molecule has 0 radical (unpaired) electrons. The summed E-state index contributed by atoms with van der Waals surface area (Å²) in [6, 6.07) is 3.84. The van der Waals surface area contributed by atoms with Crippen molar-refractivity contribution in [1.82, 2.24) is 9.88 Å². The van der Waals surface area contributed by atoms with E-state index in [1.165, 1.54) is 7.11 Å². The first kappa shape index (κ1) is 13.6. The number of esters is 1. The van der Waals surface area contributed by atoms with Crippen molar-refractivity contribution < 1.29 is 14.6 Å². The highest BCUT2D eigenvalue weighted by Gasteiger charge is 2.13. The molecule has 0 aliphatic heterocycles. The third-order valence-corrected chi connectivity index (χ3v) is 2.33. The average molecular weight is 238 g/mol. The Bertz CT molecular complexity index is 343. The van der Waals surface area contributed by atoms with Gasteiger partial charge >= 0.3 is 5.97 Å². The van der Waals surface area contributed by atoms with Crippen LogP contribution in [0.4, 0.5) is 0 Å². The van der Waals surface area contributed by atoms with Crippen molar-refractivity contribution >= 4 is 5.97 Å². The first-order chi connectivity index (χ1) is 8.11. The van der Waals surface area contributed by atoms with Gasteiger partial charge in [0.2, 0.25) is 0 Å². The maximum atomic E-state index is 11.0. The van der Waals surface area contributed by atoms with Crippen LogP contribution in [0.2, 0.25) is 0 Å². The zero-order chi connectivity index (χ0) is 12.7. The maximum absolute atomic E-state index is 11.0. The minimum absolute atomic E-state index is 0.0217. The molecule has 17 heavy (non-hydrogen) atoms. The van der Waals surface area contributed by atoms with E-state index in [9.17, 15) is 9.90 Å². The summed E-state index contributed by atoms with van der Waals surface area (Å²) >= 11 is 0. The lowest BCUT2D eigenvalue weighted by Gasteiger charge is -2.19. The van der Waals surface area contributed by atoms with E-state index in [2.05, 4.69) is 9.72 Å². The Morgan fingerprint density at radius 3 is 3.00 bits per heavy atom. The number of rotatable bonds is 6. The second-order valence-corrected chi connectivity index (χ2v) is 3.99. The molecule has 0 saturated carbocycles. The molecular weight excluding hydrogens is 220 g/mol. The average Bonchev–Trinajstić information content (AvgIpc) is 2.29. The highest BCUT2D eigenvalue weighted by molar-refractivity contribution is 5.69. The Hall–Kier alpha value is -1.46. The number of pyridine rings is 1. The number of aliphatic hydroxyl groups is 1. The molecule has 1 rings (SSSR count). The minimum Gasteiger partial charge on any atom is -0.469 e. The molecule has 0 spiro atoms. The van der Waals surface area contributed by atoms with E-state index in [-0.39, 0.29) is 6.42 Å². The predicted molar refractivity (Wildman–Crippen MR) is 63.2 cm³/mol. The highest BCUT2D eigenvalue weighted by Crippen LogP contribution is 2.03. The molecule has 0 aliphatic carbocycles. The molecule has 0 bridgehead atoms. The van der Waals surface area contributed by atoms with Gasteiger partial charge in [0.15, 0.2) is 0 Å². The molecule has 1 N–H and O–H groups in total. The summed E-state index contributed by atoms with van der Waals surface area (Å²) in [6.07, 6.45) is 2.82. The van der Waals surface area contributed by atoms with Gasteiger partial charge in [-0.05, 0) is 18.7 Å². The van der Waals surface area contributed by atoms with Gasteiger partial charge in [-0.15, -0.1) is 0 Å². The second-order valence-electron chi connectivity index (χ2n) is 3.99. The summed E-state index contributed by atoms with van der Waals surface area (Å²) in [6.45, 7) is 1.11. The van der Waals surface area contributed by atoms with Crippen molar-refractivity contribution in [3.05, 3.63) is 30.1 Å². The second kappa shape index (κ2) is 6.98. The molecule has 1 atom stereocenters. The summed E-state index contributed by atoms with van der Waals surface area (Å²) in [4.78, 5) is 16.9. The number of carbonyl (C=O) groups excluding carboxylic acids is 1. The zero-order valence-electron chi connectivity index (χ0n) is 10.2. The first-order valence-corrected chi connectivity index (χ1v) is 5.44. The smallest absolute Gasteiger partial charge is 0.308 e. The number of likely N-dealkylation sites (N-methyl/N-ethyl adjacent to an activating group) is 1. The summed E-state index contributed by atoms with van der Waals surface area (Å²) in [7, 11) is 3.20. The van der Waals surface area contributed by atoms with E-state index in [1.54, 1.807) is 12.4 Å². The highest BCUT2D eigenvalue weighted by atomic mass is 16.5. The van der Waals surface area contributed by atoms with Crippen LogP contribution in [-0.2, 0) is 16.1 Å². The SMILES string of the molecule is COC(=O)CC(O)CN(C)Cc1cccnc1. The predicted octanol–water partition coefficient (Wildman–Crippen LogP) is 0.437. The van der Waals surface area contributed by atoms with Gasteiger partial charge in [-0.1, -0.05) is 6.07 Å². The molecule has 94 valence electrons. The molecule has 0 saturated heterocycles. The molecular formula is C12H18N2O3. The number of ether oxygens (including phenoxy) is 1. The lowest BCUT2D eigenvalue weighted by molar-refractivity contribution is -0.143. The first-order valence-electron chi connectivity index (χ1n) is 5.44. The van der Waals surface area contributed by atoms with E-state index < -0.39 is 12.1 Å². The van der Waals surface area contributed by atoms with Gasteiger partial charge in [0.1, 0.15) is 0 Å². The van der Waals surface area contributed by atoms with Crippen LogP contribution in [-0.4, -0.2) is 47.8 Å². The van der Waals surface area contributed by atoms with E-state index in [0.29, 0.717) is 13.1 Å². The molecule has 5 heteroatoms. The Kier molecular flexibility index (Phi) is 5.59. The van der Waals surface area contributed by atoms with Gasteiger partial charge in [0.25, 0.3) is 0 Å². The van der Waals surface area contributed by atoms with Crippen molar-refractivity contribution in [3.63, 3.8) is 0 Å². The standard InChI is InChI=1S/C12H18N2O3/c1-14(8-10-4-3-5-13-7-10)9-11(15)6-12(16)17-2/h3-5,7,11,15H,6,8-9H2,1-2H3. The Balaban J connectivity index is 2.34. The van der Waals surface area contributed by atoms with Gasteiger partial charge in [-0.25, -0.2) is 0 Å². The summed E-state index contributed by atoms with van der Waals surface area (Å²) < 4.78 is 4.49. The Morgan fingerprint density at radius 1 is 1.65 bits per heavy atom. The number of aliphatic hydroxyl groups excluding tert-OH is 1. The van der Waals surface area contributed by atoms with Crippen molar-refractivity contribution in [2.45, 2.75) is 19.1 Å². The molecule has 0 fully saturated rings. The van der Waals surface area contributed by atoms with Crippen LogP contribution in [0.1, 0.15) is 12.0 Å². The lowest BCUT2D eigenvalue weighted by atomic mass is 10.2. The molecule has 1 unspecified atom stereocenters. The number of hydrogen-bond donors (Lipinski definition) is 1. The molecule has 1 aromatic rings. The van der Waals surface area contributed by atoms with Gasteiger partial charge < -0.3 is 9.84 Å². The van der Waals surface area contributed by atoms with Crippen molar-refractivity contribution in [3.8, 4) is 0 Å². The lowest BCUT2D eigenvalue weighted by Crippen LogP contribution is -2.30. The van der Waals surface area contributed by atoms with Crippen LogP contribution in [0.3, 0.4) is 0 Å². The van der Waals surface area contributed by atoms with E-state index in [4.69, 9.17) is 0 Å². The fraction of sp³-hybridized carbons (Fsp3) is 0.500. The fourth-order valence-corrected chi connectivity index (χ4v) is 1.57. The molecule has 0 aromatic carbocycles. The normalized spacial score (nSPS) is 12.5.